The van der Waals surface area contributed by atoms with Crippen LogP contribution >= 0.6 is 0 Å². The molecule has 12 heavy (non-hydrogen) atoms. The minimum atomic E-state index is -0.214. The molecule has 0 rings (SSSR count). The van der Waals surface area contributed by atoms with Gasteiger partial charge >= 0.3 is 0 Å². The number of hydrogen-bond acceptors (Lipinski definition) is 3. The maximum absolute atomic E-state index is 10.4. The third-order valence-electron chi connectivity index (χ3n) is 1.15. The molecule has 5 nitrogen and oxygen atoms in total. The van der Waals surface area contributed by atoms with Crippen molar-refractivity contribution in [3.05, 3.63) is 0 Å². The van der Waals surface area contributed by atoms with E-state index in [2.05, 4.69) is 22.8 Å². The summed E-state index contributed by atoms with van der Waals surface area (Å²) in [7, 11) is 0. The molecule has 0 heterocycles. The van der Waals surface area contributed by atoms with Gasteiger partial charge in [-0.25, -0.2) is 0 Å². The van der Waals surface area contributed by atoms with Gasteiger partial charge in [-0.3, -0.25) is 10.1 Å². The average molecular weight is 172 g/mol. The lowest BCUT2D eigenvalue weighted by Gasteiger charge is -2.01. The van der Waals surface area contributed by atoms with E-state index in [0.29, 0.717) is 0 Å². The molecule has 4 N–H and O–H groups in total. The first kappa shape index (κ1) is 10.7. The van der Waals surface area contributed by atoms with Gasteiger partial charge in [-0.2, -0.15) is 0 Å². The van der Waals surface area contributed by atoms with Crippen LogP contribution in [0, 0.1) is 0 Å². The average Bonchev–Trinajstić information content (AvgIpc) is 1.97. The zero-order valence-electron chi connectivity index (χ0n) is 7.55. The van der Waals surface area contributed by atoms with Gasteiger partial charge in [-0.05, 0) is 6.42 Å². The number of carbonyl (C=O) groups is 1. The van der Waals surface area contributed by atoms with Crippen LogP contribution in [-0.2, 0) is 4.79 Å². The Morgan fingerprint density at radius 1 is 1.58 bits per heavy atom. The summed E-state index contributed by atoms with van der Waals surface area (Å²) in [5, 5.41) is 6.06. The van der Waals surface area contributed by atoms with Crippen molar-refractivity contribution in [2.24, 2.45) is 10.8 Å². The second kappa shape index (κ2) is 6.45. The lowest BCUT2D eigenvalue weighted by molar-refractivity contribution is -0.117. The van der Waals surface area contributed by atoms with Crippen molar-refractivity contribution in [1.29, 1.82) is 0 Å². The van der Waals surface area contributed by atoms with Crippen molar-refractivity contribution >= 4 is 11.9 Å². The fourth-order valence-electron chi connectivity index (χ4n) is 0.605. The fraction of sp³-hybridized carbons (Fsp3) is 0.714. The van der Waals surface area contributed by atoms with Crippen LogP contribution < -0.4 is 16.5 Å². The van der Waals surface area contributed by atoms with Gasteiger partial charge in [0.1, 0.15) is 0 Å². The number of unbranched alkanes of at least 4 members (excludes halogenated alkanes) is 1. The van der Waals surface area contributed by atoms with E-state index in [-0.39, 0.29) is 11.9 Å². The van der Waals surface area contributed by atoms with E-state index in [9.17, 15) is 4.79 Å². The molecule has 5 heteroatoms. The van der Waals surface area contributed by atoms with Gasteiger partial charge in [-0.1, -0.05) is 13.3 Å². The summed E-state index contributed by atoms with van der Waals surface area (Å²) in [4.78, 5) is 10.4. The summed E-state index contributed by atoms with van der Waals surface area (Å²) in [5.74, 6) is -0.104. The third-order valence-corrected chi connectivity index (χ3v) is 1.15. The number of rotatable bonds is 4. The molecule has 0 spiro atoms. The normalized spacial score (nSPS) is 11.0. The predicted octanol–water partition coefficient (Wildman–Crippen LogP) is -0.258. The molecule has 0 aliphatic carbocycles. The Kier molecular flexibility index (Phi) is 5.77. The summed E-state index contributed by atoms with van der Waals surface area (Å²) in [6.45, 7) is 4.24. The number of amides is 1. The van der Waals surface area contributed by atoms with Gasteiger partial charge in [0.25, 0.3) is 0 Å². The Morgan fingerprint density at radius 3 is 2.75 bits per heavy atom. The Hall–Kier alpha value is -1.26. The van der Waals surface area contributed by atoms with Crippen molar-refractivity contribution in [2.45, 2.75) is 26.7 Å². The van der Waals surface area contributed by atoms with Crippen molar-refractivity contribution in [1.82, 2.24) is 10.7 Å². The molecule has 0 aromatic heterocycles. The van der Waals surface area contributed by atoms with Gasteiger partial charge in [0, 0.05) is 13.5 Å². The quantitative estimate of drug-likeness (QED) is 0.236. The van der Waals surface area contributed by atoms with E-state index in [1.54, 1.807) is 0 Å². The number of carbonyl (C=O) groups excluding carboxylic acids is 1. The summed E-state index contributed by atoms with van der Waals surface area (Å²) in [6.07, 6.45) is 2.14. The first-order valence-electron chi connectivity index (χ1n) is 4.00. The second-order valence-corrected chi connectivity index (χ2v) is 2.44. The Balaban J connectivity index is 3.48. The summed E-state index contributed by atoms with van der Waals surface area (Å²) in [6, 6.07) is 0. The highest BCUT2D eigenvalue weighted by Gasteiger charge is 1.92. The van der Waals surface area contributed by atoms with Crippen molar-refractivity contribution in [3.8, 4) is 0 Å². The second-order valence-electron chi connectivity index (χ2n) is 2.44. The minimum absolute atomic E-state index is 0.110. The molecular formula is C7H16N4O. The van der Waals surface area contributed by atoms with E-state index in [1.807, 2.05) is 0 Å². The summed E-state index contributed by atoms with van der Waals surface area (Å²) >= 11 is 0. The van der Waals surface area contributed by atoms with Crippen LogP contribution in [0.15, 0.2) is 5.10 Å². The molecule has 0 fully saturated rings. The number of nitrogens with two attached hydrogens (primary N) is 1. The van der Waals surface area contributed by atoms with E-state index in [0.717, 1.165) is 19.4 Å². The summed E-state index contributed by atoms with van der Waals surface area (Å²) in [5.41, 5.74) is 8.05. The Morgan fingerprint density at radius 2 is 2.25 bits per heavy atom. The summed E-state index contributed by atoms with van der Waals surface area (Å²) < 4.78 is 0. The monoisotopic (exact) mass is 172 g/mol. The maximum atomic E-state index is 10.4. The highest BCUT2D eigenvalue weighted by Crippen LogP contribution is 1.81. The molecule has 0 aromatic carbocycles. The lowest BCUT2D eigenvalue weighted by atomic mass is 10.3. The molecule has 0 saturated heterocycles. The number of guanidine groups is 1. The smallest absolute Gasteiger partial charge is 0.223 e. The molecule has 0 aromatic rings. The molecule has 0 bridgehead atoms. The maximum Gasteiger partial charge on any atom is 0.223 e. The molecule has 70 valence electrons. The molecule has 0 aliphatic heterocycles. The van der Waals surface area contributed by atoms with Crippen LogP contribution in [-0.4, -0.2) is 18.4 Å². The predicted molar refractivity (Wildman–Crippen MR) is 48.3 cm³/mol. The number of hydrogen-bond donors (Lipinski definition) is 3. The highest BCUT2D eigenvalue weighted by atomic mass is 16.1. The molecule has 1 amide bonds. The molecule has 0 saturated carbocycles. The van der Waals surface area contributed by atoms with Crippen LogP contribution in [0.2, 0.25) is 0 Å². The van der Waals surface area contributed by atoms with Gasteiger partial charge in [-0.15, -0.1) is 5.10 Å². The number of hydrazone groups is 1. The van der Waals surface area contributed by atoms with Crippen LogP contribution in [0.1, 0.15) is 26.7 Å². The largest absolute Gasteiger partial charge is 0.368 e. The number of nitrogens with one attached hydrogen (secondary N) is 2. The molecule has 0 unspecified atom stereocenters. The van der Waals surface area contributed by atoms with E-state index in [1.165, 1.54) is 6.92 Å². The molecule has 0 atom stereocenters. The van der Waals surface area contributed by atoms with Gasteiger partial charge < -0.3 is 11.2 Å². The van der Waals surface area contributed by atoms with Crippen LogP contribution in [0.3, 0.4) is 0 Å². The van der Waals surface area contributed by atoms with Crippen molar-refractivity contribution < 1.29 is 4.79 Å². The van der Waals surface area contributed by atoms with Crippen molar-refractivity contribution in [2.75, 3.05) is 6.54 Å². The van der Waals surface area contributed by atoms with Crippen LogP contribution in [0.4, 0.5) is 0 Å². The molecule has 0 radical (unpaired) electrons. The zero-order valence-corrected chi connectivity index (χ0v) is 7.55. The van der Waals surface area contributed by atoms with Crippen molar-refractivity contribution in [3.63, 3.8) is 0 Å². The molecule has 0 aliphatic rings. The lowest BCUT2D eigenvalue weighted by Crippen LogP contribution is -2.36. The zero-order chi connectivity index (χ0) is 9.40. The molecular weight excluding hydrogens is 156 g/mol. The Labute approximate surface area is 72.4 Å². The van der Waals surface area contributed by atoms with Crippen LogP contribution in [0.25, 0.3) is 0 Å². The highest BCUT2D eigenvalue weighted by molar-refractivity contribution is 5.94. The van der Waals surface area contributed by atoms with Gasteiger partial charge in [0.05, 0.1) is 0 Å². The first-order chi connectivity index (χ1) is 5.66. The first-order valence-corrected chi connectivity index (χ1v) is 4.00. The minimum Gasteiger partial charge on any atom is -0.368 e. The Bertz CT molecular complexity index is 167. The fourth-order valence-corrected chi connectivity index (χ4v) is 0.605. The number of nitrogens with zero attached hydrogens (tertiary/aromatic N) is 1. The van der Waals surface area contributed by atoms with Crippen LogP contribution in [0.5, 0.6) is 0 Å². The third kappa shape index (κ3) is 6.85. The van der Waals surface area contributed by atoms with E-state index >= 15 is 0 Å². The van der Waals surface area contributed by atoms with E-state index in [4.69, 9.17) is 5.73 Å². The topological polar surface area (TPSA) is 79.5 Å². The standard InChI is InChI=1S/C7H16N4O/c1-3-4-5-9-11-7(8)10-6(2)12/h9H,3-5H2,1-2H3,(H3,8,10,11,12). The van der Waals surface area contributed by atoms with Gasteiger partial charge in [0.2, 0.25) is 11.9 Å². The van der Waals surface area contributed by atoms with E-state index < -0.39 is 0 Å². The van der Waals surface area contributed by atoms with Gasteiger partial charge in [0.15, 0.2) is 0 Å². The SMILES string of the molecule is CCCCNN=C(N)NC(C)=O.